The summed E-state index contributed by atoms with van der Waals surface area (Å²) >= 11 is 0. The van der Waals surface area contributed by atoms with Crippen molar-refractivity contribution in [1.29, 1.82) is 0 Å². The average Bonchev–Trinajstić information content (AvgIpc) is 3.10. The zero-order valence-electron chi connectivity index (χ0n) is 9.72. The minimum Gasteiger partial charge on any atom is -0.309 e. The Balaban J connectivity index is 2.00. The summed E-state index contributed by atoms with van der Waals surface area (Å²) in [5.41, 5.74) is 0.0430. The summed E-state index contributed by atoms with van der Waals surface area (Å²) in [6, 6.07) is 2.77. The maximum absolute atomic E-state index is 13.5. The molecule has 0 heterocycles. The summed E-state index contributed by atoms with van der Waals surface area (Å²) in [6.45, 7) is 2.32. The maximum atomic E-state index is 13.5. The van der Waals surface area contributed by atoms with Gasteiger partial charge in [-0.2, -0.15) is 0 Å². The summed E-state index contributed by atoms with van der Waals surface area (Å²) < 4.78 is 26.8. The van der Waals surface area contributed by atoms with Crippen molar-refractivity contribution in [2.45, 2.75) is 19.8 Å². The predicted molar refractivity (Wildman–Crippen MR) is 61.0 cm³/mol. The fourth-order valence-corrected chi connectivity index (χ4v) is 1.67. The SMILES string of the molecule is Cc1ccc(C(=O)CNCC2CC2)c(F)c1F. The largest absolute Gasteiger partial charge is 0.309 e. The molecule has 0 atom stereocenters. The topological polar surface area (TPSA) is 29.1 Å². The molecule has 0 radical (unpaired) electrons. The Hall–Kier alpha value is -1.29. The quantitative estimate of drug-likeness (QED) is 0.800. The predicted octanol–water partition coefficient (Wildman–Crippen LogP) is 2.46. The monoisotopic (exact) mass is 239 g/mol. The summed E-state index contributed by atoms with van der Waals surface area (Å²) in [7, 11) is 0. The molecule has 17 heavy (non-hydrogen) atoms. The third-order valence-electron chi connectivity index (χ3n) is 2.99. The minimum absolute atomic E-state index is 0.0654. The standard InChI is InChI=1S/C13H15F2NO/c1-8-2-5-10(13(15)12(8)14)11(17)7-16-6-9-3-4-9/h2,5,9,16H,3-4,6-7H2,1H3. The summed E-state index contributed by atoms with van der Waals surface area (Å²) in [5.74, 6) is -1.72. The highest BCUT2D eigenvalue weighted by atomic mass is 19.2. The Morgan fingerprint density at radius 1 is 1.35 bits per heavy atom. The average molecular weight is 239 g/mol. The molecule has 1 N–H and O–H groups in total. The number of ketones is 1. The zero-order chi connectivity index (χ0) is 12.4. The molecule has 1 aromatic carbocycles. The van der Waals surface area contributed by atoms with Gasteiger partial charge in [0.15, 0.2) is 17.4 Å². The van der Waals surface area contributed by atoms with Crippen LogP contribution in [0.2, 0.25) is 0 Å². The molecule has 0 saturated heterocycles. The molecule has 4 heteroatoms. The number of carbonyl (C=O) groups is 1. The van der Waals surface area contributed by atoms with Gasteiger partial charge in [-0.05, 0) is 43.9 Å². The first-order chi connectivity index (χ1) is 8.09. The Morgan fingerprint density at radius 3 is 2.71 bits per heavy atom. The van der Waals surface area contributed by atoms with Crippen LogP contribution in [0.3, 0.4) is 0 Å². The lowest BCUT2D eigenvalue weighted by Crippen LogP contribution is -2.25. The lowest BCUT2D eigenvalue weighted by atomic mass is 10.1. The molecule has 1 aliphatic rings. The van der Waals surface area contributed by atoms with Gasteiger partial charge in [0, 0.05) is 0 Å². The molecule has 1 aromatic rings. The van der Waals surface area contributed by atoms with Gasteiger partial charge >= 0.3 is 0 Å². The van der Waals surface area contributed by atoms with E-state index in [1.54, 1.807) is 0 Å². The van der Waals surface area contributed by atoms with Gasteiger partial charge in [-0.3, -0.25) is 4.79 Å². The third-order valence-corrected chi connectivity index (χ3v) is 2.99. The molecule has 1 saturated carbocycles. The van der Waals surface area contributed by atoms with E-state index >= 15 is 0 Å². The van der Waals surface area contributed by atoms with Crippen LogP contribution in [0.5, 0.6) is 0 Å². The molecule has 0 bridgehead atoms. The number of carbonyl (C=O) groups excluding carboxylic acids is 1. The molecule has 1 fully saturated rings. The Kier molecular flexibility index (Phi) is 3.52. The Labute approximate surface area is 99.0 Å². The lowest BCUT2D eigenvalue weighted by molar-refractivity contribution is 0.0986. The van der Waals surface area contributed by atoms with E-state index in [1.807, 2.05) is 0 Å². The lowest BCUT2D eigenvalue weighted by Gasteiger charge is -2.06. The van der Waals surface area contributed by atoms with Crippen molar-refractivity contribution in [3.05, 3.63) is 34.9 Å². The van der Waals surface area contributed by atoms with Gasteiger partial charge in [0.05, 0.1) is 12.1 Å². The van der Waals surface area contributed by atoms with E-state index < -0.39 is 17.4 Å². The van der Waals surface area contributed by atoms with Crippen LogP contribution >= 0.6 is 0 Å². The summed E-state index contributed by atoms with van der Waals surface area (Å²) in [4.78, 5) is 11.7. The first-order valence-corrected chi connectivity index (χ1v) is 5.78. The number of aryl methyl sites for hydroxylation is 1. The Bertz CT molecular complexity index is 441. The second-order valence-corrected chi connectivity index (χ2v) is 4.56. The van der Waals surface area contributed by atoms with E-state index in [4.69, 9.17) is 0 Å². The molecule has 0 aliphatic heterocycles. The number of benzene rings is 1. The van der Waals surface area contributed by atoms with Gasteiger partial charge in [0.2, 0.25) is 0 Å². The number of Topliss-reactive ketones (excluding diaryl/α,β-unsaturated/α-hetero) is 1. The number of nitrogens with one attached hydrogen (secondary N) is 1. The second-order valence-electron chi connectivity index (χ2n) is 4.56. The number of halogens is 2. The second kappa shape index (κ2) is 4.92. The minimum atomic E-state index is -1.04. The van der Waals surface area contributed by atoms with Crippen LogP contribution < -0.4 is 5.32 Å². The number of hydrogen-bond acceptors (Lipinski definition) is 2. The van der Waals surface area contributed by atoms with E-state index in [1.165, 1.54) is 31.9 Å². The van der Waals surface area contributed by atoms with Crippen LogP contribution in [-0.4, -0.2) is 18.9 Å². The highest BCUT2D eigenvalue weighted by molar-refractivity contribution is 5.97. The van der Waals surface area contributed by atoms with Crippen LogP contribution in [0.25, 0.3) is 0 Å². The molecule has 0 amide bonds. The van der Waals surface area contributed by atoms with Crippen molar-refractivity contribution >= 4 is 5.78 Å². The third kappa shape index (κ3) is 2.88. The summed E-state index contributed by atoms with van der Waals surface area (Å²) in [5, 5.41) is 2.97. The maximum Gasteiger partial charge on any atom is 0.179 e. The molecule has 92 valence electrons. The van der Waals surface area contributed by atoms with Gasteiger partial charge in [0.25, 0.3) is 0 Å². The van der Waals surface area contributed by atoms with Crippen LogP contribution in [0.1, 0.15) is 28.8 Å². The fourth-order valence-electron chi connectivity index (χ4n) is 1.67. The number of hydrogen-bond donors (Lipinski definition) is 1. The van der Waals surface area contributed by atoms with Crippen molar-refractivity contribution in [3.8, 4) is 0 Å². The van der Waals surface area contributed by atoms with E-state index in [9.17, 15) is 13.6 Å². The molecule has 0 spiro atoms. The van der Waals surface area contributed by atoms with Crippen molar-refractivity contribution in [1.82, 2.24) is 5.32 Å². The van der Waals surface area contributed by atoms with Gasteiger partial charge in [-0.1, -0.05) is 6.07 Å². The normalized spacial score (nSPS) is 15.0. The van der Waals surface area contributed by atoms with Crippen LogP contribution in [-0.2, 0) is 0 Å². The first kappa shape index (κ1) is 12.2. The van der Waals surface area contributed by atoms with E-state index in [2.05, 4.69) is 5.32 Å². The number of rotatable bonds is 5. The van der Waals surface area contributed by atoms with Crippen LogP contribution in [0, 0.1) is 24.5 Å². The molecular weight excluding hydrogens is 224 g/mol. The fraction of sp³-hybridized carbons (Fsp3) is 0.462. The summed E-state index contributed by atoms with van der Waals surface area (Å²) in [6.07, 6.45) is 2.38. The van der Waals surface area contributed by atoms with Crippen molar-refractivity contribution in [2.24, 2.45) is 5.92 Å². The van der Waals surface area contributed by atoms with Gasteiger partial charge in [-0.25, -0.2) is 8.78 Å². The van der Waals surface area contributed by atoms with E-state index in [0.717, 1.165) is 6.54 Å². The van der Waals surface area contributed by atoms with Gasteiger partial charge in [-0.15, -0.1) is 0 Å². The first-order valence-electron chi connectivity index (χ1n) is 5.78. The van der Waals surface area contributed by atoms with Gasteiger partial charge < -0.3 is 5.32 Å². The highest BCUT2D eigenvalue weighted by Gasteiger charge is 2.21. The smallest absolute Gasteiger partial charge is 0.179 e. The molecule has 2 rings (SSSR count). The van der Waals surface area contributed by atoms with Crippen molar-refractivity contribution in [3.63, 3.8) is 0 Å². The van der Waals surface area contributed by atoms with Crippen LogP contribution in [0.15, 0.2) is 12.1 Å². The molecule has 2 nitrogen and oxygen atoms in total. The Morgan fingerprint density at radius 2 is 2.06 bits per heavy atom. The molecule has 0 unspecified atom stereocenters. The molecular formula is C13H15F2NO. The molecule has 0 aromatic heterocycles. The van der Waals surface area contributed by atoms with Crippen LogP contribution in [0.4, 0.5) is 8.78 Å². The van der Waals surface area contributed by atoms with E-state index in [0.29, 0.717) is 5.92 Å². The van der Waals surface area contributed by atoms with E-state index in [-0.39, 0.29) is 17.7 Å². The highest BCUT2D eigenvalue weighted by Crippen LogP contribution is 2.27. The molecule has 1 aliphatic carbocycles. The van der Waals surface area contributed by atoms with Crippen molar-refractivity contribution in [2.75, 3.05) is 13.1 Å². The van der Waals surface area contributed by atoms with Crippen molar-refractivity contribution < 1.29 is 13.6 Å². The van der Waals surface area contributed by atoms with Gasteiger partial charge in [0.1, 0.15) is 0 Å². The zero-order valence-corrected chi connectivity index (χ0v) is 9.72.